The van der Waals surface area contributed by atoms with E-state index in [0.29, 0.717) is 0 Å². The van der Waals surface area contributed by atoms with Gasteiger partial charge in [0.15, 0.2) is 0 Å². The van der Waals surface area contributed by atoms with Crippen molar-refractivity contribution >= 4 is 0 Å². The van der Waals surface area contributed by atoms with E-state index in [0.717, 1.165) is 18.2 Å². The number of azide groups is 1. The SMILES string of the molecule is [N-]=[N+]=NCC(O)C(O)c1c(F)cccc1OC(F)F. The van der Waals surface area contributed by atoms with Crippen molar-refractivity contribution in [3.8, 4) is 5.75 Å². The lowest BCUT2D eigenvalue weighted by molar-refractivity contribution is -0.0540. The first-order valence-electron chi connectivity index (χ1n) is 5.07. The van der Waals surface area contributed by atoms with Crippen molar-refractivity contribution in [1.29, 1.82) is 0 Å². The van der Waals surface area contributed by atoms with Gasteiger partial charge in [0.05, 0.1) is 18.2 Å². The second-order valence-corrected chi connectivity index (χ2v) is 3.46. The molecule has 2 N–H and O–H groups in total. The number of aliphatic hydroxyl groups is 2. The Hall–Kier alpha value is -1.96. The molecule has 9 heteroatoms. The lowest BCUT2D eigenvalue weighted by Gasteiger charge is -2.20. The first-order chi connectivity index (χ1) is 8.97. The van der Waals surface area contributed by atoms with Gasteiger partial charge in [-0.1, -0.05) is 11.2 Å². The van der Waals surface area contributed by atoms with Gasteiger partial charge < -0.3 is 14.9 Å². The Kier molecular flexibility index (Phi) is 5.43. The zero-order valence-corrected chi connectivity index (χ0v) is 9.45. The number of benzene rings is 1. The average Bonchev–Trinajstić information content (AvgIpc) is 2.34. The molecule has 0 aliphatic rings. The van der Waals surface area contributed by atoms with E-state index in [-0.39, 0.29) is 0 Å². The predicted octanol–water partition coefficient (Wildman–Crippen LogP) is 2.13. The van der Waals surface area contributed by atoms with Crippen LogP contribution in [-0.2, 0) is 0 Å². The molecular formula is C10H10F3N3O3. The summed E-state index contributed by atoms with van der Waals surface area (Å²) in [6.07, 6.45) is -3.51. The standard InChI is InChI=1S/C10H10F3N3O3/c11-5-2-1-3-7(19-10(12)13)8(5)9(18)6(17)4-15-16-14/h1-3,6,9-10,17-18H,4H2. The van der Waals surface area contributed by atoms with Crippen LogP contribution in [0.5, 0.6) is 5.75 Å². The maximum Gasteiger partial charge on any atom is 0.387 e. The van der Waals surface area contributed by atoms with E-state index >= 15 is 0 Å². The van der Waals surface area contributed by atoms with Gasteiger partial charge in [-0.05, 0) is 17.7 Å². The highest BCUT2D eigenvalue weighted by molar-refractivity contribution is 5.37. The minimum Gasteiger partial charge on any atom is -0.434 e. The van der Waals surface area contributed by atoms with E-state index in [2.05, 4.69) is 14.8 Å². The number of halogens is 3. The highest BCUT2D eigenvalue weighted by Crippen LogP contribution is 2.31. The van der Waals surface area contributed by atoms with E-state index < -0.39 is 42.5 Å². The molecule has 2 atom stereocenters. The van der Waals surface area contributed by atoms with Crippen molar-refractivity contribution in [3.05, 3.63) is 40.0 Å². The Bertz CT molecular complexity index is 480. The minimum atomic E-state index is -3.21. The average molecular weight is 277 g/mol. The Morgan fingerprint density at radius 1 is 1.37 bits per heavy atom. The molecule has 6 nitrogen and oxygen atoms in total. The highest BCUT2D eigenvalue weighted by atomic mass is 19.3. The number of alkyl halides is 2. The van der Waals surface area contributed by atoms with Gasteiger partial charge in [-0.25, -0.2) is 4.39 Å². The van der Waals surface area contributed by atoms with Crippen molar-refractivity contribution in [2.45, 2.75) is 18.8 Å². The van der Waals surface area contributed by atoms with Crippen LogP contribution < -0.4 is 4.74 Å². The molecule has 0 spiro atoms. The smallest absolute Gasteiger partial charge is 0.387 e. The normalized spacial score (nSPS) is 13.8. The molecule has 1 rings (SSSR count). The number of hydrogen-bond donors (Lipinski definition) is 2. The summed E-state index contributed by atoms with van der Waals surface area (Å²) >= 11 is 0. The molecule has 0 fully saturated rings. The molecule has 0 radical (unpaired) electrons. The summed E-state index contributed by atoms with van der Waals surface area (Å²) in [6.45, 7) is -3.75. The van der Waals surface area contributed by atoms with Crippen LogP contribution in [0.25, 0.3) is 10.4 Å². The van der Waals surface area contributed by atoms with Crippen LogP contribution in [0.2, 0.25) is 0 Å². The third-order valence-electron chi connectivity index (χ3n) is 2.22. The van der Waals surface area contributed by atoms with Crippen molar-refractivity contribution < 1.29 is 28.1 Å². The van der Waals surface area contributed by atoms with E-state index in [1.54, 1.807) is 0 Å². The van der Waals surface area contributed by atoms with Gasteiger partial charge in [-0.15, -0.1) is 0 Å². The van der Waals surface area contributed by atoms with Crippen LogP contribution >= 0.6 is 0 Å². The van der Waals surface area contributed by atoms with Gasteiger partial charge in [0.25, 0.3) is 0 Å². The van der Waals surface area contributed by atoms with Crippen LogP contribution in [0.15, 0.2) is 23.3 Å². The fourth-order valence-corrected chi connectivity index (χ4v) is 1.42. The summed E-state index contributed by atoms with van der Waals surface area (Å²) in [7, 11) is 0. The minimum absolute atomic E-state index is 0.542. The van der Waals surface area contributed by atoms with Crippen molar-refractivity contribution in [1.82, 2.24) is 0 Å². The molecule has 19 heavy (non-hydrogen) atoms. The fraction of sp³-hybridized carbons (Fsp3) is 0.400. The summed E-state index contributed by atoms with van der Waals surface area (Å²) in [5, 5.41) is 22.2. The van der Waals surface area contributed by atoms with Gasteiger partial charge in [0.2, 0.25) is 0 Å². The zero-order chi connectivity index (χ0) is 14.4. The first-order valence-corrected chi connectivity index (χ1v) is 5.07. The molecule has 104 valence electrons. The Balaban J connectivity index is 3.05. The molecule has 1 aromatic carbocycles. The lowest BCUT2D eigenvalue weighted by atomic mass is 10.0. The van der Waals surface area contributed by atoms with Gasteiger partial charge in [-0.2, -0.15) is 8.78 Å². The van der Waals surface area contributed by atoms with Crippen molar-refractivity contribution in [2.24, 2.45) is 5.11 Å². The molecule has 1 aromatic rings. The largest absolute Gasteiger partial charge is 0.434 e. The maximum atomic E-state index is 13.5. The zero-order valence-electron chi connectivity index (χ0n) is 9.45. The monoisotopic (exact) mass is 277 g/mol. The molecule has 0 saturated carbocycles. The van der Waals surface area contributed by atoms with Crippen LogP contribution in [0.1, 0.15) is 11.7 Å². The van der Waals surface area contributed by atoms with Crippen LogP contribution in [0.3, 0.4) is 0 Å². The topological polar surface area (TPSA) is 98.5 Å². The third-order valence-corrected chi connectivity index (χ3v) is 2.22. The number of aliphatic hydroxyl groups excluding tert-OH is 2. The molecule has 0 heterocycles. The second-order valence-electron chi connectivity index (χ2n) is 3.46. The van der Waals surface area contributed by atoms with Gasteiger partial charge in [-0.3, -0.25) is 0 Å². The molecule has 0 aliphatic carbocycles. The first kappa shape index (κ1) is 15.1. The van der Waals surface area contributed by atoms with Crippen LogP contribution in [-0.4, -0.2) is 29.5 Å². The Labute approximate surface area is 105 Å². The molecule has 0 aromatic heterocycles. The van der Waals surface area contributed by atoms with E-state index in [9.17, 15) is 23.4 Å². The summed E-state index contributed by atoms with van der Waals surface area (Å²) in [5.41, 5.74) is 7.44. The third kappa shape index (κ3) is 4.02. The van der Waals surface area contributed by atoms with Crippen LogP contribution in [0, 0.1) is 5.82 Å². The van der Waals surface area contributed by atoms with E-state index in [1.807, 2.05) is 0 Å². The molecule has 0 bridgehead atoms. The summed E-state index contributed by atoms with van der Waals surface area (Å²) < 4.78 is 41.9. The number of rotatable bonds is 6. The molecule has 2 unspecified atom stereocenters. The quantitative estimate of drug-likeness (QED) is 0.473. The number of ether oxygens (including phenoxy) is 1. The fourth-order valence-electron chi connectivity index (χ4n) is 1.42. The summed E-state index contributed by atoms with van der Waals surface area (Å²) in [5.74, 6) is -1.62. The number of nitrogens with zero attached hydrogens (tertiary/aromatic N) is 3. The van der Waals surface area contributed by atoms with Gasteiger partial charge in [0.1, 0.15) is 17.7 Å². The van der Waals surface area contributed by atoms with E-state index in [1.165, 1.54) is 0 Å². The Morgan fingerprint density at radius 3 is 2.63 bits per heavy atom. The van der Waals surface area contributed by atoms with E-state index in [4.69, 9.17) is 5.53 Å². The van der Waals surface area contributed by atoms with Gasteiger partial charge >= 0.3 is 6.61 Å². The van der Waals surface area contributed by atoms with Crippen LogP contribution in [0.4, 0.5) is 13.2 Å². The molecular weight excluding hydrogens is 267 g/mol. The summed E-state index contributed by atoms with van der Waals surface area (Å²) in [6, 6.07) is 3.05. The van der Waals surface area contributed by atoms with Crippen molar-refractivity contribution in [2.75, 3.05) is 6.54 Å². The molecule has 0 saturated heterocycles. The predicted molar refractivity (Wildman–Crippen MR) is 58.0 cm³/mol. The molecule has 0 aliphatic heterocycles. The second kappa shape index (κ2) is 6.83. The van der Waals surface area contributed by atoms with Crippen molar-refractivity contribution in [3.63, 3.8) is 0 Å². The maximum absolute atomic E-state index is 13.5. The Morgan fingerprint density at radius 2 is 2.05 bits per heavy atom. The van der Waals surface area contributed by atoms with Gasteiger partial charge in [0, 0.05) is 4.91 Å². The summed E-state index contributed by atoms with van der Waals surface area (Å²) in [4.78, 5) is 2.35. The lowest BCUT2D eigenvalue weighted by Crippen LogP contribution is -2.23. The molecule has 0 amide bonds. The number of hydrogen-bond acceptors (Lipinski definition) is 4. The highest BCUT2D eigenvalue weighted by Gasteiger charge is 2.26.